The molecule has 1 aliphatic heterocycles. The number of nitrogens with one attached hydrogen (secondary N) is 1. The Bertz CT molecular complexity index is 365. The summed E-state index contributed by atoms with van der Waals surface area (Å²) in [5.74, 6) is 1.17. The molecule has 2 rings (SSSR count). The second-order valence-corrected chi connectivity index (χ2v) is 6.35. The third-order valence-electron chi connectivity index (χ3n) is 2.71. The molecule has 1 N–H and O–H groups in total. The molecular weight excluding hydrogens is 202 g/mol. The molecule has 0 bridgehead atoms. The van der Waals surface area contributed by atoms with Crippen molar-refractivity contribution in [3.8, 4) is 0 Å². The number of rotatable bonds is 0. The van der Waals surface area contributed by atoms with Gasteiger partial charge in [0, 0.05) is 16.7 Å². The molecule has 15 heavy (non-hydrogen) atoms. The highest BCUT2D eigenvalue weighted by molar-refractivity contribution is 7.99. The summed E-state index contributed by atoms with van der Waals surface area (Å²) in [4.78, 5) is 1.40. The van der Waals surface area contributed by atoms with E-state index in [0.29, 0.717) is 6.04 Å². The molecule has 1 aromatic carbocycles. The summed E-state index contributed by atoms with van der Waals surface area (Å²) in [5.41, 5.74) is 3.00. The van der Waals surface area contributed by atoms with Crippen molar-refractivity contribution in [1.29, 1.82) is 0 Å². The second-order valence-electron chi connectivity index (χ2n) is 5.29. The molecule has 1 atom stereocenters. The van der Waals surface area contributed by atoms with Crippen LogP contribution in [0.3, 0.4) is 0 Å². The first-order valence-corrected chi connectivity index (χ1v) is 6.50. The van der Waals surface area contributed by atoms with E-state index in [0.717, 1.165) is 0 Å². The summed E-state index contributed by atoms with van der Waals surface area (Å²) < 4.78 is 0. The Morgan fingerprint density at radius 2 is 2.07 bits per heavy atom. The van der Waals surface area contributed by atoms with E-state index in [1.54, 1.807) is 0 Å². The van der Waals surface area contributed by atoms with Crippen molar-refractivity contribution in [3.05, 3.63) is 23.8 Å². The smallest absolute Gasteiger partial charge is 0.0518 e. The molecular formula is C13H19NS. The van der Waals surface area contributed by atoms with Gasteiger partial charge < -0.3 is 5.32 Å². The lowest BCUT2D eigenvalue weighted by molar-refractivity contribution is 0.589. The Balaban J connectivity index is 2.49. The Morgan fingerprint density at radius 1 is 1.33 bits per heavy atom. The molecule has 1 aliphatic rings. The fourth-order valence-electron chi connectivity index (χ4n) is 1.93. The number of thioether (sulfide) groups is 1. The summed E-state index contributed by atoms with van der Waals surface area (Å²) in [6.07, 6.45) is 0. The van der Waals surface area contributed by atoms with Crippen LogP contribution in [0.1, 0.15) is 33.3 Å². The van der Waals surface area contributed by atoms with Gasteiger partial charge in [-0.05, 0) is 24.0 Å². The molecule has 0 spiro atoms. The Kier molecular flexibility index (Phi) is 2.72. The lowest BCUT2D eigenvalue weighted by Gasteiger charge is -2.30. The molecule has 1 nitrogen and oxygen atoms in total. The van der Waals surface area contributed by atoms with Gasteiger partial charge in [0.25, 0.3) is 0 Å². The monoisotopic (exact) mass is 221 g/mol. The lowest BCUT2D eigenvalue weighted by Crippen LogP contribution is -2.25. The topological polar surface area (TPSA) is 12.0 Å². The van der Waals surface area contributed by atoms with Crippen LogP contribution >= 0.6 is 11.8 Å². The molecule has 1 aromatic rings. The van der Waals surface area contributed by atoms with Gasteiger partial charge in [-0.3, -0.25) is 0 Å². The Labute approximate surface area is 96.7 Å². The maximum Gasteiger partial charge on any atom is 0.0518 e. The van der Waals surface area contributed by atoms with Gasteiger partial charge in [0.2, 0.25) is 0 Å². The summed E-state index contributed by atoms with van der Waals surface area (Å²) in [5, 5.41) is 3.61. The zero-order valence-corrected chi connectivity index (χ0v) is 10.7. The van der Waals surface area contributed by atoms with Gasteiger partial charge in [0.15, 0.2) is 0 Å². The standard InChI is InChI=1S/C13H19NS/c1-9-8-15-11-7-5-6-10(12(11)14-9)13(2,3)4/h5-7,9,14H,8H2,1-4H3. The summed E-state index contributed by atoms with van der Waals surface area (Å²) in [6, 6.07) is 7.20. The van der Waals surface area contributed by atoms with E-state index in [-0.39, 0.29) is 5.41 Å². The minimum absolute atomic E-state index is 0.218. The van der Waals surface area contributed by atoms with Gasteiger partial charge in [-0.1, -0.05) is 32.9 Å². The van der Waals surface area contributed by atoms with Crippen LogP contribution in [-0.4, -0.2) is 11.8 Å². The van der Waals surface area contributed by atoms with E-state index in [2.05, 4.69) is 51.2 Å². The van der Waals surface area contributed by atoms with E-state index >= 15 is 0 Å². The fraction of sp³-hybridized carbons (Fsp3) is 0.538. The van der Waals surface area contributed by atoms with Crippen LogP contribution in [-0.2, 0) is 5.41 Å². The zero-order valence-electron chi connectivity index (χ0n) is 9.92. The quantitative estimate of drug-likeness (QED) is 0.713. The normalized spacial score (nSPS) is 20.7. The van der Waals surface area contributed by atoms with Gasteiger partial charge in [0.1, 0.15) is 0 Å². The maximum absolute atomic E-state index is 3.61. The SMILES string of the molecule is CC1CSc2cccc(C(C)(C)C)c2N1. The predicted octanol–water partition coefficient (Wildman–Crippen LogP) is 3.89. The average molecular weight is 221 g/mol. The number of para-hydroxylation sites is 1. The third-order valence-corrected chi connectivity index (χ3v) is 4.03. The Morgan fingerprint density at radius 3 is 2.73 bits per heavy atom. The number of fused-ring (bicyclic) bond motifs is 1. The highest BCUT2D eigenvalue weighted by Gasteiger charge is 2.23. The van der Waals surface area contributed by atoms with E-state index in [1.165, 1.54) is 21.9 Å². The van der Waals surface area contributed by atoms with Crippen LogP contribution < -0.4 is 5.32 Å². The highest BCUT2D eigenvalue weighted by atomic mass is 32.2. The summed E-state index contributed by atoms with van der Waals surface area (Å²) >= 11 is 1.96. The van der Waals surface area contributed by atoms with Gasteiger partial charge >= 0.3 is 0 Å². The van der Waals surface area contributed by atoms with Gasteiger partial charge in [-0.2, -0.15) is 0 Å². The van der Waals surface area contributed by atoms with Gasteiger partial charge in [0.05, 0.1) is 5.69 Å². The molecule has 2 heteroatoms. The van der Waals surface area contributed by atoms with Crippen LogP contribution in [0.4, 0.5) is 5.69 Å². The molecule has 0 fully saturated rings. The molecule has 0 aromatic heterocycles. The van der Waals surface area contributed by atoms with Crippen molar-refractivity contribution >= 4 is 17.4 Å². The van der Waals surface area contributed by atoms with Crippen LogP contribution in [0.5, 0.6) is 0 Å². The molecule has 1 unspecified atom stereocenters. The maximum atomic E-state index is 3.61. The van der Waals surface area contributed by atoms with Crippen molar-refractivity contribution in [2.24, 2.45) is 0 Å². The predicted molar refractivity (Wildman–Crippen MR) is 69.0 cm³/mol. The zero-order chi connectivity index (χ0) is 11.1. The first-order chi connectivity index (χ1) is 6.98. The van der Waals surface area contributed by atoms with Crippen molar-refractivity contribution in [3.63, 3.8) is 0 Å². The van der Waals surface area contributed by atoms with E-state index in [9.17, 15) is 0 Å². The van der Waals surface area contributed by atoms with Gasteiger partial charge in [-0.15, -0.1) is 11.8 Å². The van der Waals surface area contributed by atoms with E-state index < -0.39 is 0 Å². The first kappa shape index (κ1) is 10.9. The molecule has 0 saturated carbocycles. The third kappa shape index (κ3) is 2.15. The second kappa shape index (κ2) is 3.75. The average Bonchev–Trinajstić information content (AvgIpc) is 2.15. The molecule has 0 aliphatic carbocycles. The number of hydrogen-bond acceptors (Lipinski definition) is 2. The molecule has 82 valence electrons. The summed E-state index contributed by atoms with van der Waals surface area (Å²) in [7, 11) is 0. The van der Waals surface area contributed by atoms with Crippen LogP contribution in [0.25, 0.3) is 0 Å². The van der Waals surface area contributed by atoms with Crippen LogP contribution in [0.15, 0.2) is 23.1 Å². The minimum Gasteiger partial charge on any atom is -0.381 e. The highest BCUT2D eigenvalue weighted by Crippen LogP contribution is 2.40. The van der Waals surface area contributed by atoms with Crippen LogP contribution in [0, 0.1) is 0 Å². The lowest BCUT2D eigenvalue weighted by atomic mass is 9.85. The fourth-order valence-corrected chi connectivity index (χ4v) is 2.93. The molecule has 0 radical (unpaired) electrons. The number of benzene rings is 1. The minimum atomic E-state index is 0.218. The van der Waals surface area contributed by atoms with E-state index in [4.69, 9.17) is 0 Å². The molecule has 0 saturated heterocycles. The number of anilines is 1. The Hall–Kier alpha value is -0.630. The molecule has 1 heterocycles. The van der Waals surface area contributed by atoms with E-state index in [1.807, 2.05) is 11.8 Å². The first-order valence-electron chi connectivity index (χ1n) is 5.51. The largest absolute Gasteiger partial charge is 0.381 e. The number of hydrogen-bond donors (Lipinski definition) is 1. The van der Waals surface area contributed by atoms with Crippen molar-refractivity contribution in [2.75, 3.05) is 11.1 Å². The van der Waals surface area contributed by atoms with Gasteiger partial charge in [-0.25, -0.2) is 0 Å². The van der Waals surface area contributed by atoms with Crippen molar-refractivity contribution in [2.45, 2.75) is 44.0 Å². The summed E-state index contributed by atoms with van der Waals surface area (Å²) in [6.45, 7) is 9.06. The van der Waals surface area contributed by atoms with Crippen molar-refractivity contribution in [1.82, 2.24) is 0 Å². The van der Waals surface area contributed by atoms with Crippen LogP contribution in [0.2, 0.25) is 0 Å². The molecule has 0 amide bonds. The van der Waals surface area contributed by atoms with Crippen molar-refractivity contribution < 1.29 is 0 Å².